The van der Waals surface area contributed by atoms with Gasteiger partial charge in [-0.15, -0.1) is 0 Å². The lowest BCUT2D eigenvalue weighted by atomic mass is 9.93. The molecule has 2 atom stereocenters. The third-order valence-corrected chi connectivity index (χ3v) is 4.61. The largest absolute Gasteiger partial charge is 0.386 e. The average Bonchev–Trinajstić information content (AvgIpc) is 2.66. The smallest absolute Gasteiger partial charge is 0.0982 e. The number of hydrogen-bond acceptors (Lipinski definition) is 2. The zero-order valence-corrected chi connectivity index (χ0v) is 13.3. The van der Waals surface area contributed by atoms with Crippen LogP contribution in [0.4, 0.5) is 0 Å². The second-order valence-electron chi connectivity index (χ2n) is 6.18. The Morgan fingerprint density at radius 3 is 1.62 bits per heavy atom. The summed E-state index contributed by atoms with van der Waals surface area (Å²) in [6.07, 6.45) is -0.740. The Balaban J connectivity index is 1.69. The molecule has 3 N–H and O–H groups in total. The van der Waals surface area contributed by atoms with Crippen LogP contribution in [0.5, 0.6) is 0 Å². The summed E-state index contributed by atoms with van der Waals surface area (Å²) in [7, 11) is 0. The third kappa shape index (κ3) is 2.67. The number of aliphatic hydroxyl groups is 1. The molecule has 0 bridgehead atoms. The minimum atomic E-state index is -0.740. The summed E-state index contributed by atoms with van der Waals surface area (Å²) < 4.78 is 0. The molecule has 0 aromatic heterocycles. The van der Waals surface area contributed by atoms with Gasteiger partial charge in [-0.05, 0) is 44.8 Å². The molecule has 2 nitrogen and oxygen atoms in total. The molecule has 4 rings (SSSR count). The quantitative estimate of drug-likeness (QED) is 0.574. The van der Waals surface area contributed by atoms with Crippen molar-refractivity contribution in [2.24, 2.45) is 5.73 Å². The second-order valence-corrected chi connectivity index (χ2v) is 6.18. The van der Waals surface area contributed by atoms with E-state index in [2.05, 4.69) is 30.3 Å². The molecule has 0 aliphatic heterocycles. The van der Waals surface area contributed by atoms with Gasteiger partial charge in [0, 0.05) is 0 Å². The molecule has 0 radical (unpaired) electrons. The van der Waals surface area contributed by atoms with Crippen LogP contribution in [-0.2, 0) is 0 Å². The zero-order valence-electron chi connectivity index (χ0n) is 13.3. The van der Waals surface area contributed by atoms with Crippen molar-refractivity contribution in [2.45, 2.75) is 12.1 Å². The van der Waals surface area contributed by atoms with Gasteiger partial charge in [0.1, 0.15) is 0 Å². The minimum Gasteiger partial charge on any atom is -0.386 e. The first-order valence-electron chi connectivity index (χ1n) is 8.13. The third-order valence-electron chi connectivity index (χ3n) is 4.61. The Hall–Kier alpha value is -2.68. The maximum Gasteiger partial charge on any atom is 0.0982 e. The van der Waals surface area contributed by atoms with Crippen molar-refractivity contribution in [3.8, 4) is 0 Å². The van der Waals surface area contributed by atoms with E-state index in [9.17, 15) is 5.11 Å². The Kier molecular flexibility index (Phi) is 3.77. The van der Waals surface area contributed by atoms with Crippen molar-refractivity contribution in [1.82, 2.24) is 0 Å². The molecule has 24 heavy (non-hydrogen) atoms. The Labute approximate surface area is 141 Å². The molecule has 0 spiro atoms. The average molecular weight is 313 g/mol. The standard InChI is InChI=1S/C22H19NO/c23-21(19-11-9-15-5-1-3-7-17(15)13-19)22(24)20-12-10-16-6-2-4-8-18(16)14-20/h1-14,21-22,24H,23H2. The van der Waals surface area contributed by atoms with Gasteiger partial charge in [0.25, 0.3) is 0 Å². The van der Waals surface area contributed by atoms with E-state index < -0.39 is 12.1 Å². The van der Waals surface area contributed by atoms with Crippen molar-refractivity contribution in [3.63, 3.8) is 0 Å². The van der Waals surface area contributed by atoms with Crippen LogP contribution < -0.4 is 5.73 Å². The van der Waals surface area contributed by atoms with Gasteiger partial charge in [-0.1, -0.05) is 72.8 Å². The highest BCUT2D eigenvalue weighted by molar-refractivity contribution is 5.84. The molecular weight excluding hydrogens is 294 g/mol. The number of fused-ring (bicyclic) bond motifs is 2. The van der Waals surface area contributed by atoms with Crippen LogP contribution in [0, 0.1) is 0 Å². The molecule has 4 aromatic carbocycles. The minimum absolute atomic E-state index is 0.462. The lowest BCUT2D eigenvalue weighted by Gasteiger charge is -2.20. The lowest BCUT2D eigenvalue weighted by molar-refractivity contribution is 0.147. The number of benzene rings is 4. The van der Waals surface area contributed by atoms with Gasteiger partial charge in [-0.3, -0.25) is 0 Å². The predicted molar refractivity (Wildman–Crippen MR) is 99.8 cm³/mol. The summed E-state index contributed by atoms with van der Waals surface area (Å²) in [6.45, 7) is 0. The molecule has 0 amide bonds. The van der Waals surface area contributed by atoms with E-state index in [-0.39, 0.29) is 0 Å². The zero-order chi connectivity index (χ0) is 16.5. The molecule has 0 saturated carbocycles. The molecule has 0 heterocycles. The lowest BCUT2D eigenvalue weighted by Crippen LogP contribution is -2.19. The normalized spacial score (nSPS) is 13.9. The second kappa shape index (κ2) is 6.08. The van der Waals surface area contributed by atoms with Crippen LogP contribution in [0.15, 0.2) is 84.9 Å². The fourth-order valence-electron chi connectivity index (χ4n) is 3.20. The highest BCUT2D eigenvalue weighted by atomic mass is 16.3. The fourth-order valence-corrected chi connectivity index (χ4v) is 3.20. The molecule has 0 saturated heterocycles. The highest BCUT2D eigenvalue weighted by Crippen LogP contribution is 2.30. The molecule has 0 aliphatic rings. The summed E-state index contributed by atoms with van der Waals surface area (Å²) in [6, 6.07) is 27.9. The summed E-state index contributed by atoms with van der Waals surface area (Å²) >= 11 is 0. The molecule has 0 fully saturated rings. The maximum absolute atomic E-state index is 10.7. The van der Waals surface area contributed by atoms with E-state index in [1.165, 1.54) is 5.39 Å². The van der Waals surface area contributed by atoms with E-state index in [4.69, 9.17) is 5.73 Å². The van der Waals surface area contributed by atoms with Crippen molar-refractivity contribution in [2.75, 3.05) is 0 Å². The van der Waals surface area contributed by atoms with Gasteiger partial charge >= 0.3 is 0 Å². The Bertz CT molecular complexity index is 925. The molecule has 4 aromatic rings. The van der Waals surface area contributed by atoms with Crippen LogP contribution in [0.1, 0.15) is 23.3 Å². The van der Waals surface area contributed by atoms with E-state index in [1.807, 2.05) is 54.6 Å². The first-order valence-corrected chi connectivity index (χ1v) is 8.13. The van der Waals surface area contributed by atoms with E-state index in [0.29, 0.717) is 0 Å². The van der Waals surface area contributed by atoms with Crippen LogP contribution in [0.25, 0.3) is 21.5 Å². The van der Waals surface area contributed by atoms with Gasteiger partial charge < -0.3 is 10.8 Å². The fraction of sp³-hybridized carbons (Fsp3) is 0.0909. The molecule has 118 valence electrons. The molecule has 0 aliphatic carbocycles. The van der Waals surface area contributed by atoms with E-state index in [0.717, 1.165) is 27.3 Å². The van der Waals surface area contributed by atoms with Gasteiger partial charge in [0.05, 0.1) is 12.1 Å². The summed E-state index contributed by atoms with van der Waals surface area (Å²) in [5, 5.41) is 15.3. The summed E-state index contributed by atoms with van der Waals surface area (Å²) in [5.41, 5.74) is 8.14. The van der Waals surface area contributed by atoms with Crippen molar-refractivity contribution < 1.29 is 5.11 Å². The summed E-state index contributed by atoms with van der Waals surface area (Å²) in [5.74, 6) is 0. The number of aliphatic hydroxyl groups excluding tert-OH is 1. The van der Waals surface area contributed by atoms with Crippen molar-refractivity contribution in [3.05, 3.63) is 96.1 Å². The SMILES string of the molecule is NC(c1ccc2ccccc2c1)C(O)c1ccc2ccccc2c1. The Morgan fingerprint density at radius 1 is 0.583 bits per heavy atom. The van der Waals surface area contributed by atoms with Gasteiger partial charge in [0.2, 0.25) is 0 Å². The predicted octanol–water partition coefficient (Wildman–Crippen LogP) is 4.73. The van der Waals surface area contributed by atoms with Gasteiger partial charge in [-0.2, -0.15) is 0 Å². The summed E-state index contributed by atoms with van der Waals surface area (Å²) in [4.78, 5) is 0. The monoisotopic (exact) mass is 313 g/mol. The van der Waals surface area contributed by atoms with Crippen LogP contribution in [0.3, 0.4) is 0 Å². The van der Waals surface area contributed by atoms with Gasteiger partial charge in [-0.25, -0.2) is 0 Å². The van der Waals surface area contributed by atoms with Crippen LogP contribution in [0.2, 0.25) is 0 Å². The van der Waals surface area contributed by atoms with Gasteiger partial charge in [0.15, 0.2) is 0 Å². The van der Waals surface area contributed by atoms with Crippen molar-refractivity contribution in [1.29, 1.82) is 0 Å². The number of nitrogens with two attached hydrogens (primary N) is 1. The molecule has 2 unspecified atom stereocenters. The number of rotatable bonds is 3. The van der Waals surface area contributed by atoms with E-state index >= 15 is 0 Å². The first kappa shape index (κ1) is 14.9. The topological polar surface area (TPSA) is 46.2 Å². The first-order chi connectivity index (χ1) is 11.7. The van der Waals surface area contributed by atoms with Crippen molar-refractivity contribution >= 4 is 21.5 Å². The molecule has 2 heteroatoms. The number of hydrogen-bond donors (Lipinski definition) is 2. The van der Waals surface area contributed by atoms with Crippen LogP contribution in [-0.4, -0.2) is 5.11 Å². The van der Waals surface area contributed by atoms with E-state index in [1.54, 1.807) is 0 Å². The highest BCUT2D eigenvalue weighted by Gasteiger charge is 2.19. The Morgan fingerprint density at radius 2 is 1.04 bits per heavy atom. The molecular formula is C22H19NO. The van der Waals surface area contributed by atoms with Crippen LogP contribution >= 0.6 is 0 Å². The maximum atomic E-state index is 10.7.